The molecule has 4 rings (SSSR count). The number of piperazine rings is 1. The predicted octanol–water partition coefficient (Wildman–Crippen LogP) is 2.37. The van der Waals surface area contributed by atoms with Crippen molar-refractivity contribution in [1.82, 2.24) is 19.0 Å². The van der Waals surface area contributed by atoms with E-state index >= 15 is 0 Å². The summed E-state index contributed by atoms with van der Waals surface area (Å²) in [5.74, 6) is 0.138. The van der Waals surface area contributed by atoms with Gasteiger partial charge in [-0.15, -0.1) is 0 Å². The Morgan fingerprint density at radius 1 is 1.00 bits per heavy atom. The molecule has 1 aromatic rings. The van der Waals surface area contributed by atoms with E-state index in [4.69, 9.17) is 0 Å². The average Bonchev–Trinajstić information content (AvgIpc) is 3.12. The first-order chi connectivity index (χ1) is 16.8. The van der Waals surface area contributed by atoms with Crippen LogP contribution in [0.4, 0.5) is 0 Å². The van der Waals surface area contributed by atoms with E-state index in [2.05, 4.69) is 49.3 Å². The van der Waals surface area contributed by atoms with Gasteiger partial charge in [0.1, 0.15) is 0 Å². The molecular weight excluding hydrogens is 476 g/mol. The van der Waals surface area contributed by atoms with Gasteiger partial charge < -0.3 is 9.80 Å². The summed E-state index contributed by atoms with van der Waals surface area (Å²) in [7, 11) is 1.06. The minimum Gasteiger partial charge on any atom is -0.341 e. The zero-order chi connectivity index (χ0) is 26.4. The molecule has 2 aliphatic heterocycles. The molecule has 1 spiro atoms. The maximum Gasteiger partial charge on any atom is 0.230 e. The van der Waals surface area contributed by atoms with Crippen LogP contribution < -0.4 is 0 Å². The summed E-state index contributed by atoms with van der Waals surface area (Å²) in [5, 5.41) is 0. The smallest absolute Gasteiger partial charge is 0.230 e. The van der Waals surface area contributed by atoms with Crippen LogP contribution in [0.15, 0.2) is 30.3 Å². The second-order valence-corrected chi connectivity index (χ2v) is 14.0. The van der Waals surface area contributed by atoms with Gasteiger partial charge in [0.2, 0.25) is 21.8 Å². The Labute approximate surface area is 216 Å². The fourth-order valence-electron chi connectivity index (χ4n) is 6.59. The lowest BCUT2D eigenvalue weighted by Crippen LogP contribution is -2.55. The monoisotopic (exact) mass is 518 g/mol. The van der Waals surface area contributed by atoms with Gasteiger partial charge in [-0.3, -0.25) is 14.5 Å². The quantitative estimate of drug-likeness (QED) is 0.578. The number of hydrogen-bond acceptors (Lipinski definition) is 5. The molecule has 0 N–H and O–H groups in total. The third kappa shape index (κ3) is 5.20. The molecule has 0 aromatic heterocycles. The van der Waals surface area contributed by atoms with Crippen molar-refractivity contribution in [2.24, 2.45) is 10.8 Å². The molecule has 0 bridgehead atoms. The van der Waals surface area contributed by atoms with Crippen LogP contribution in [0.1, 0.15) is 51.5 Å². The van der Waals surface area contributed by atoms with Crippen molar-refractivity contribution in [3.63, 3.8) is 0 Å². The van der Waals surface area contributed by atoms with Gasteiger partial charge in [0.15, 0.2) is 0 Å². The highest BCUT2D eigenvalue weighted by atomic mass is 32.2. The van der Waals surface area contributed by atoms with Crippen LogP contribution in [0.2, 0.25) is 0 Å². The second-order valence-electron chi connectivity index (χ2n) is 12.1. The molecule has 9 heteroatoms. The molecule has 36 heavy (non-hydrogen) atoms. The van der Waals surface area contributed by atoms with Gasteiger partial charge in [0, 0.05) is 51.2 Å². The van der Waals surface area contributed by atoms with E-state index in [0.717, 1.165) is 25.7 Å². The zero-order valence-corrected chi connectivity index (χ0v) is 23.3. The number of hydrogen-bond donors (Lipinski definition) is 0. The molecule has 0 atom stereocenters. The number of amides is 2. The van der Waals surface area contributed by atoms with E-state index in [1.54, 1.807) is 4.90 Å². The number of likely N-dealkylation sites (tertiary alicyclic amines) is 1. The summed E-state index contributed by atoms with van der Waals surface area (Å²) < 4.78 is 25.0. The lowest BCUT2D eigenvalue weighted by atomic mass is 9.64. The molecule has 3 aliphatic rings. The van der Waals surface area contributed by atoms with E-state index in [1.165, 1.54) is 16.1 Å². The first kappa shape index (κ1) is 27.1. The number of carbonyl (C=O) groups is 2. The summed E-state index contributed by atoms with van der Waals surface area (Å²) in [6.45, 7) is 6.34. The van der Waals surface area contributed by atoms with Crippen LogP contribution >= 0.6 is 0 Å². The van der Waals surface area contributed by atoms with Crippen molar-refractivity contribution in [2.75, 3.05) is 59.6 Å². The van der Waals surface area contributed by atoms with Crippen LogP contribution in [0.3, 0.4) is 0 Å². The fourth-order valence-corrected chi connectivity index (χ4v) is 7.42. The van der Waals surface area contributed by atoms with Crippen molar-refractivity contribution in [2.45, 2.75) is 51.5 Å². The first-order valence-corrected chi connectivity index (χ1v) is 14.9. The molecule has 0 radical (unpaired) electrons. The van der Waals surface area contributed by atoms with Crippen LogP contribution in [-0.2, 0) is 25.2 Å². The lowest BCUT2D eigenvalue weighted by molar-refractivity contribution is -0.144. The Balaban J connectivity index is 1.39. The Morgan fingerprint density at radius 3 is 2.11 bits per heavy atom. The molecule has 1 aromatic carbocycles. The highest BCUT2D eigenvalue weighted by molar-refractivity contribution is 7.88. The van der Waals surface area contributed by atoms with Gasteiger partial charge in [0.05, 0.1) is 11.7 Å². The van der Waals surface area contributed by atoms with Gasteiger partial charge in [0.25, 0.3) is 0 Å². The van der Waals surface area contributed by atoms with Crippen LogP contribution in [0.5, 0.6) is 0 Å². The van der Waals surface area contributed by atoms with Gasteiger partial charge in [-0.05, 0) is 64.6 Å². The summed E-state index contributed by atoms with van der Waals surface area (Å²) >= 11 is 0. The molecular formula is C27H42N4O4S. The molecule has 2 amide bonds. The minimum atomic E-state index is -3.24. The van der Waals surface area contributed by atoms with Gasteiger partial charge in [-0.1, -0.05) is 30.3 Å². The van der Waals surface area contributed by atoms with Gasteiger partial charge in [-0.2, -0.15) is 4.31 Å². The fraction of sp³-hybridized carbons (Fsp3) is 0.704. The highest BCUT2D eigenvalue weighted by Gasteiger charge is 2.51. The number of rotatable bonds is 6. The summed E-state index contributed by atoms with van der Waals surface area (Å²) in [5.41, 5.74) is 0.590. The maximum absolute atomic E-state index is 13.4. The molecule has 1 saturated carbocycles. The molecule has 2 saturated heterocycles. The SMILES string of the molecule is CN(C)[C@]1(c2ccccc2)CC[C@@]2(CC1)CC(=O)N(CC(C)(C)C(=O)N1CCN(S(C)(=O)=O)CC1)C2. The first-order valence-electron chi connectivity index (χ1n) is 13.0. The maximum atomic E-state index is 13.4. The van der Waals surface area contributed by atoms with Crippen molar-refractivity contribution in [3.8, 4) is 0 Å². The van der Waals surface area contributed by atoms with E-state index < -0.39 is 15.4 Å². The lowest BCUT2D eigenvalue weighted by Gasteiger charge is -2.49. The zero-order valence-electron chi connectivity index (χ0n) is 22.5. The van der Waals surface area contributed by atoms with E-state index in [0.29, 0.717) is 45.7 Å². The summed E-state index contributed by atoms with van der Waals surface area (Å²) in [6, 6.07) is 10.7. The van der Waals surface area contributed by atoms with Crippen molar-refractivity contribution >= 4 is 21.8 Å². The van der Waals surface area contributed by atoms with Crippen LogP contribution in [0, 0.1) is 10.8 Å². The van der Waals surface area contributed by atoms with Crippen molar-refractivity contribution < 1.29 is 18.0 Å². The Morgan fingerprint density at radius 2 is 1.58 bits per heavy atom. The minimum absolute atomic E-state index is 0.00761. The standard InChI is InChI=1S/C27H42N4O4S/c1-25(2,24(33)29-15-17-31(18-16-29)36(5,34)35)20-30-21-26(19-23(30)32)11-13-27(14-12-26,28(3)4)22-9-7-6-8-10-22/h6-10H,11-21H2,1-5H3/t26-,27-. The Bertz CT molecular complexity index is 1070. The number of benzene rings is 1. The van der Waals surface area contributed by atoms with Crippen LogP contribution in [-0.4, -0.2) is 98.9 Å². The summed E-state index contributed by atoms with van der Waals surface area (Å²) in [6.07, 6.45) is 5.77. The second kappa shape index (κ2) is 9.72. The molecule has 200 valence electrons. The molecule has 2 heterocycles. The van der Waals surface area contributed by atoms with E-state index in [9.17, 15) is 18.0 Å². The largest absolute Gasteiger partial charge is 0.341 e. The summed E-state index contributed by atoms with van der Waals surface area (Å²) in [4.78, 5) is 32.5. The third-order valence-electron chi connectivity index (χ3n) is 8.87. The highest BCUT2D eigenvalue weighted by Crippen LogP contribution is 2.52. The molecule has 3 fully saturated rings. The van der Waals surface area contributed by atoms with Gasteiger partial charge in [-0.25, -0.2) is 8.42 Å². The number of sulfonamides is 1. The van der Waals surface area contributed by atoms with Crippen molar-refractivity contribution in [3.05, 3.63) is 35.9 Å². The Kier molecular flexibility index (Phi) is 7.31. The van der Waals surface area contributed by atoms with E-state index in [-0.39, 0.29) is 22.8 Å². The molecule has 1 aliphatic carbocycles. The van der Waals surface area contributed by atoms with Crippen LogP contribution in [0.25, 0.3) is 0 Å². The van der Waals surface area contributed by atoms with E-state index in [1.807, 2.05) is 18.7 Å². The average molecular weight is 519 g/mol. The number of nitrogens with zero attached hydrogens (tertiary/aromatic N) is 4. The molecule has 8 nitrogen and oxygen atoms in total. The Hall–Kier alpha value is -1.97. The van der Waals surface area contributed by atoms with Crippen molar-refractivity contribution in [1.29, 1.82) is 0 Å². The number of carbonyl (C=O) groups excluding carboxylic acids is 2. The molecule has 0 unspecified atom stereocenters. The predicted molar refractivity (Wildman–Crippen MR) is 141 cm³/mol. The normalized spacial score (nSPS) is 28.3. The topological polar surface area (TPSA) is 81.2 Å². The van der Waals surface area contributed by atoms with Gasteiger partial charge >= 0.3 is 0 Å². The third-order valence-corrected chi connectivity index (χ3v) is 10.2.